The minimum Gasteiger partial charge on any atom is -0.375 e. The van der Waals surface area contributed by atoms with Gasteiger partial charge in [-0.3, -0.25) is 9.59 Å². The number of amides is 2. The lowest BCUT2D eigenvalue weighted by atomic mass is 10.1. The average molecular weight is 338 g/mol. The number of hydrogen-bond donors (Lipinski definition) is 1. The lowest BCUT2D eigenvalue weighted by Gasteiger charge is -2.17. The molecule has 3 rings (SSSR count). The van der Waals surface area contributed by atoms with Gasteiger partial charge in [0.25, 0.3) is 5.91 Å². The van der Waals surface area contributed by atoms with Gasteiger partial charge in [0.15, 0.2) is 0 Å². The molecule has 0 bridgehead atoms. The normalized spacial score (nSPS) is 12.8. The second-order valence-corrected chi connectivity index (χ2v) is 6.29. The van der Waals surface area contributed by atoms with E-state index >= 15 is 0 Å². The molecule has 2 aromatic rings. The van der Waals surface area contributed by atoms with Crippen LogP contribution in [0.5, 0.6) is 0 Å². The summed E-state index contributed by atoms with van der Waals surface area (Å²) in [6, 6.07) is 13.6. The Hall–Kier alpha value is -2.66. The molecule has 1 aliphatic rings. The predicted octanol–water partition coefficient (Wildman–Crippen LogP) is 2.71. The number of nitrogens with one attached hydrogen (secondary N) is 1. The van der Waals surface area contributed by atoms with Gasteiger partial charge < -0.3 is 15.0 Å². The van der Waals surface area contributed by atoms with Crippen molar-refractivity contribution in [2.45, 2.75) is 19.8 Å². The number of benzene rings is 2. The van der Waals surface area contributed by atoms with Crippen LogP contribution in [0.1, 0.15) is 16.7 Å². The number of rotatable bonds is 5. The summed E-state index contributed by atoms with van der Waals surface area (Å²) in [5, 5.41) is 2.92. The highest BCUT2D eigenvalue weighted by atomic mass is 16.5. The lowest BCUT2D eigenvalue weighted by molar-refractivity contribution is -0.122. The third-order valence-corrected chi connectivity index (χ3v) is 4.28. The first-order valence-electron chi connectivity index (χ1n) is 8.34. The van der Waals surface area contributed by atoms with Crippen molar-refractivity contribution in [2.24, 2.45) is 0 Å². The van der Waals surface area contributed by atoms with E-state index in [9.17, 15) is 9.59 Å². The van der Waals surface area contributed by atoms with Crippen LogP contribution in [0.3, 0.4) is 0 Å². The summed E-state index contributed by atoms with van der Waals surface area (Å²) in [4.78, 5) is 26.1. The highest BCUT2D eigenvalue weighted by molar-refractivity contribution is 5.98. The Morgan fingerprint density at radius 2 is 2.04 bits per heavy atom. The van der Waals surface area contributed by atoms with Crippen LogP contribution in [-0.4, -0.2) is 32.1 Å². The van der Waals surface area contributed by atoms with Crippen molar-refractivity contribution < 1.29 is 14.3 Å². The van der Waals surface area contributed by atoms with Crippen molar-refractivity contribution in [3.05, 3.63) is 59.2 Å². The van der Waals surface area contributed by atoms with Gasteiger partial charge in [-0.2, -0.15) is 0 Å². The molecule has 0 unspecified atom stereocenters. The van der Waals surface area contributed by atoms with Crippen molar-refractivity contribution in [3.8, 4) is 0 Å². The molecule has 1 N–H and O–H groups in total. The predicted molar refractivity (Wildman–Crippen MR) is 97.9 cm³/mol. The van der Waals surface area contributed by atoms with Crippen LogP contribution in [0.15, 0.2) is 42.5 Å². The standard InChI is InChI=1S/C20H22N2O3/c1-14-4-3-5-15(10-14)11-19(23)21-17-7-6-16-8-9-22(18(16)12-17)20(24)13-25-2/h3-7,10,12H,8-9,11,13H2,1-2H3,(H,21,23). The van der Waals surface area contributed by atoms with E-state index in [0.717, 1.165) is 28.8 Å². The SMILES string of the molecule is COCC(=O)N1CCc2ccc(NC(=O)Cc3cccc(C)c3)cc21. The molecule has 0 fully saturated rings. The summed E-state index contributed by atoms with van der Waals surface area (Å²) in [7, 11) is 1.51. The number of fused-ring (bicyclic) bond motifs is 1. The van der Waals surface area contributed by atoms with Crippen LogP contribution in [0.4, 0.5) is 11.4 Å². The Morgan fingerprint density at radius 1 is 1.20 bits per heavy atom. The maximum Gasteiger partial charge on any atom is 0.252 e. The summed E-state index contributed by atoms with van der Waals surface area (Å²) in [6.07, 6.45) is 1.15. The number of anilines is 2. The number of carbonyl (C=O) groups excluding carboxylic acids is 2. The second kappa shape index (κ2) is 7.49. The molecule has 0 atom stereocenters. The first-order valence-corrected chi connectivity index (χ1v) is 8.34. The quantitative estimate of drug-likeness (QED) is 0.912. The van der Waals surface area contributed by atoms with E-state index in [1.165, 1.54) is 7.11 Å². The Labute approximate surface area is 147 Å². The zero-order valence-corrected chi connectivity index (χ0v) is 14.5. The highest BCUT2D eigenvalue weighted by Crippen LogP contribution is 2.31. The Kier molecular flexibility index (Phi) is 5.14. The third-order valence-electron chi connectivity index (χ3n) is 4.28. The number of nitrogens with zero attached hydrogens (tertiary/aromatic N) is 1. The van der Waals surface area contributed by atoms with Gasteiger partial charge in [-0.05, 0) is 36.6 Å². The molecule has 2 aromatic carbocycles. The minimum absolute atomic E-state index is 0.0589. The van der Waals surface area contributed by atoms with Gasteiger partial charge >= 0.3 is 0 Å². The van der Waals surface area contributed by atoms with E-state index < -0.39 is 0 Å². The summed E-state index contributed by atoms with van der Waals surface area (Å²) < 4.78 is 4.94. The molecule has 1 heterocycles. The molecule has 25 heavy (non-hydrogen) atoms. The van der Waals surface area contributed by atoms with Crippen LogP contribution >= 0.6 is 0 Å². The molecule has 0 aromatic heterocycles. The summed E-state index contributed by atoms with van der Waals surface area (Å²) in [5.41, 5.74) is 4.79. The molecule has 2 amide bonds. The molecule has 5 heteroatoms. The van der Waals surface area contributed by atoms with Gasteiger partial charge in [-0.25, -0.2) is 0 Å². The first-order chi connectivity index (χ1) is 12.1. The fraction of sp³-hybridized carbons (Fsp3) is 0.300. The van der Waals surface area contributed by atoms with Crippen LogP contribution in [-0.2, 0) is 27.2 Å². The largest absolute Gasteiger partial charge is 0.375 e. The molecule has 0 saturated heterocycles. The Morgan fingerprint density at radius 3 is 2.80 bits per heavy atom. The molecule has 1 aliphatic heterocycles. The maximum absolute atomic E-state index is 12.3. The van der Waals surface area contributed by atoms with Gasteiger partial charge in [0.05, 0.1) is 6.42 Å². The van der Waals surface area contributed by atoms with Gasteiger partial charge in [0.2, 0.25) is 5.91 Å². The van der Waals surface area contributed by atoms with Crippen molar-refractivity contribution in [3.63, 3.8) is 0 Å². The zero-order valence-electron chi connectivity index (χ0n) is 14.5. The van der Waals surface area contributed by atoms with E-state index in [4.69, 9.17) is 4.74 Å². The Bertz CT molecular complexity index is 801. The van der Waals surface area contributed by atoms with Crippen LogP contribution < -0.4 is 10.2 Å². The summed E-state index contributed by atoms with van der Waals surface area (Å²) in [5.74, 6) is -0.136. The van der Waals surface area contributed by atoms with Crippen molar-refractivity contribution in [2.75, 3.05) is 30.5 Å². The number of ether oxygens (including phenoxy) is 1. The summed E-state index contributed by atoms with van der Waals surface area (Å²) in [6.45, 7) is 2.72. The topological polar surface area (TPSA) is 58.6 Å². The smallest absolute Gasteiger partial charge is 0.252 e. The van der Waals surface area contributed by atoms with Gasteiger partial charge in [-0.15, -0.1) is 0 Å². The molecule has 130 valence electrons. The fourth-order valence-corrected chi connectivity index (χ4v) is 3.13. The van der Waals surface area contributed by atoms with Crippen molar-refractivity contribution in [1.29, 1.82) is 0 Å². The van der Waals surface area contributed by atoms with E-state index in [0.29, 0.717) is 18.7 Å². The summed E-state index contributed by atoms with van der Waals surface area (Å²) >= 11 is 0. The monoisotopic (exact) mass is 338 g/mol. The molecule has 0 radical (unpaired) electrons. The van der Waals surface area contributed by atoms with E-state index in [1.54, 1.807) is 4.90 Å². The minimum atomic E-state index is -0.0710. The van der Waals surface area contributed by atoms with E-state index in [-0.39, 0.29) is 18.4 Å². The first kappa shape index (κ1) is 17.2. The molecule has 0 aliphatic carbocycles. The maximum atomic E-state index is 12.3. The molecule has 5 nitrogen and oxygen atoms in total. The van der Waals surface area contributed by atoms with Crippen LogP contribution in [0, 0.1) is 6.92 Å². The second-order valence-electron chi connectivity index (χ2n) is 6.29. The number of carbonyl (C=O) groups is 2. The van der Waals surface area contributed by atoms with Crippen molar-refractivity contribution in [1.82, 2.24) is 0 Å². The highest BCUT2D eigenvalue weighted by Gasteiger charge is 2.24. The fourth-order valence-electron chi connectivity index (χ4n) is 3.13. The van der Waals surface area contributed by atoms with Crippen molar-refractivity contribution >= 4 is 23.2 Å². The number of hydrogen-bond acceptors (Lipinski definition) is 3. The molecular formula is C20H22N2O3. The molecule has 0 saturated carbocycles. The van der Waals surface area contributed by atoms with Gasteiger partial charge in [0, 0.05) is 25.0 Å². The van der Waals surface area contributed by atoms with Gasteiger partial charge in [-0.1, -0.05) is 35.9 Å². The van der Waals surface area contributed by atoms with Gasteiger partial charge in [0.1, 0.15) is 6.61 Å². The third kappa shape index (κ3) is 4.06. The van der Waals surface area contributed by atoms with E-state index in [1.807, 2.05) is 49.4 Å². The van der Waals surface area contributed by atoms with Crippen LogP contribution in [0.2, 0.25) is 0 Å². The average Bonchev–Trinajstić information content (AvgIpc) is 2.98. The molecular weight excluding hydrogens is 316 g/mol. The number of aryl methyl sites for hydroxylation is 1. The zero-order chi connectivity index (χ0) is 17.8. The van der Waals surface area contributed by atoms with Crippen LogP contribution in [0.25, 0.3) is 0 Å². The van der Waals surface area contributed by atoms with E-state index in [2.05, 4.69) is 5.32 Å². The lowest BCUT2D eigenvalue weighted by Crippen LogP contribution is -2.32. The Balaban J connectivity index is 1.71. The number of methoxy groups -OCH3 is 1. The molecule has 0 spiro atoms.